The van der Waals surface area contributed by atoms with Gasteiger partial charge in [-0.1, -0.05) is 19.4 Å². The van der Waals surface area contributed by atoms with Crippen LogP contribution < -0.4 is 5.32 Å². The second-order valence-electron chi connectivity index (χ2n) is 4.58. The monoisotopic (exact) mass is 265 g/mol. The van der Waals surface area contributed by atoms with Crippen molar-refractivity contribution < 1.29 is 19.8 Å². The third kappa shape index (κ3) is 4.62. The number of carboxylic acid groups (broad SMARTS) is 1. The molecular formula is C14H19NO4. The summed E-state index contributed by atoms with van der Waals surface area (Å²) in [6.07, 6.45) is 0.724. The Labute approximate surface area is 112 Å². The van der Waals surface area contributed by atoms with Crippen LogP contribution in [0.4, 0.5) is 0 Å². The first-order valence-corrected chi connectivity index (χ1v) is 6.23. The highest BCUT2D eigenvalue weighted by atomic mass is 16.4. The number of aromatic hydroxyl groups is 1. The number of phenols is 1. The molecule has 0 aliphatic carbocycles. The smallest absolute Gasteiger partial charge is 0.303 e. The lowest BCUT2D eigenvalue weighted by molar-refractivity contribution is -0.138. The molecule has 0 bridgehead atoms. The van der Waals surface area contributed by atoms with E-state index >= 15 is 0 Å². The van der Waals surface area contributed by atoms with E-state index in [1.165, 1.54) is 6.07 Å². The molecule has 1 unspecified atom stereocenters. The van der Waals surface area contributed by atoms with Crippen LogP contribution in [0.2, 0.25) is 0 Å². The van der Waals surface area contributed by atoms with Crippen LogP contribution in [0.15, 0.2) is 18.2 Å². The summed E-state index contributed by atoms with van der Waals surface area (Å²) in [6, 6.07) is 4.70. The van der Waals surface area contributed by atoms with Gasteiger partial charge in [0, 0.05) is 18.5 Å². The fourth-order valence-electron chi connectivity index (χ4n) is 1.70. The molecule has 1 rings (SSSR count). The zero-order valence-electron chi connectivity index (χ0n) is 11.1. The molecule has 1 aromatic rings. The zero-order valence-corrected chi connectivity index (χ0v) is 11.1. The minimum Gasteiger partial charge on any atom is -0.508 e. The second-order valence-corrected chi connectivity index (χ2v) is 4.58. The number of amides is 1. The topological polar surface area (TPSA) is 86.6 Å². The Morgan fingerprint density at radius 1 is 1.37 bits per heavy atom. The van der Waals surface area contributed by atoms with Gasteiger partial charge < -0.3 is 15.5 Å². The SMILES string of the molecule is CCC(CNC(=O)c1ccc(C)c(O)c1)CC(=O)O. The molecule has 0 aromatic heterocycles. The molecule has 5 heteroatoms. The molecule has 0 radical (unpaired) electrons. The van der Waals surface area contributed by atoms with E-state index in [4.69, 9.17) is 5.11 Å². The quantitative estimate of drug-likeness (QED) is 0.733. The molecule has 0 heterocycles. The van der Waals surface area contributed by atoms with Gasteiger partial charge >= 0.3 is 5.97 Å². The van der Waals surface area contributed by atoms with Crippen LogP contribution >= 0.6 is 0 Å². The number of phenolic OH excluding ortho intramolecular Hbond substituents is 1. The second kappa shape index (κ2) is 6.78. The predicted molar refractivity (Wildman–Crippen MR) is 71.2 cm³/mol. The maximum atomic E-state index is 11.8. The number of benzene rings is 1. The summed E-state index contributed by atoms with van der Waals surface area (Å²) in [5, 5.41) is 20.9. The van der Waals surface area contributed by atoms with Crippen molar-refractivity contribution in [1.82, 2.24) is 5.32 Å². The Kier molecular flexibility index (Phi) is 5.36. The van der Waals surface area contributed by atoms with E-state index in [0.717, 1.165) is 0 Å². The van der Waals surface area contributed by atoms with Crippen LogP contribution in [-0.4, -0.2) is 28.6 Å². The maximum absolute atomic E-state index is 11.8. The number of carbonyl (C=O) groups excluding carboxylic acids is 1. The Bertz CT molecular complexity index is 471. The molecule has 0 aliphatic heterocycles. The van der Waals surface area contributed by atoms with E-state index in [2.05, 4.69) is 5.32 Å². The first kappa shape index (κ1) is 15.0. The summed E-state index contributed by atoms with van der Waals surface area (Å²) in [7, 11) is 0. The molecule has 3 N–H and O–H groups in total. The largest absolute Gasteiger partial charge is 0.508 e. The van der Waals surface area contributed by atoms with Gasteiger partial charge in [0.05, 0.1) is 0 Å². The molecule has 0 aliphatic rings. The number of hydrogen-bond donors (Lipinski definition) is 3. The molecule has 1 amide bonds. The van der Waals surface area contributed by atoms with E-state index in [-0.39, 0.29) is 24.0 Å². The third-order valence-corrected chi connectivity index (χ3v) is 3.06. The van der Waals surface area contributed by atoms with Crippen LogP contribution in [-0.2, 0) is 4.79 Å². The van der Waals surface area contributed by atoms with Gasteiger partial charge in [-0.05, 0) is 30.5 Å². The van der Waals surface area contributed by atoms with Gasteiger partial charge in [0.25, 0.3) is 5.91 Å². The van der Waals surface area contributed by atoms with E-state index in [1.807, 2.05) is 6.92 Å². The van der Waals surface area contributed by atoms with Gasteiger partial charge in [0.2, 0.25) is 0 Å². The molecule has 104 valence electrons. The zero-order chi connectivity index (χ0) is 14.4. The maximum Gasteiger partial charge on any atom is 0.303 e. The van der Waals surface area contributed by atoms with E-state index in [1.54, 1.807) is 19.1 Å². The van der Waals surface area contributed by atoms with Crippen molar-refractivity contribution in [3.05, 3.63) is 29.3 Å². The number of aliphatic carboxylic acids is 1. The third-order valence-electron chi connectivity index (χ3n) is 3.06. The lowest BCUT2D eigenvalue weighted by Crippen LogP contribution is -2.30. The van der Waals surface area contributed by atoms with Crippen molar-refractivity contribution in [3.63, 3.8) is 0 Å². The van der Waals surface area contributed by atoms with Gasteiger partial charge in [-0.25, -0.2) is 0 Å². The van der Waals surface area contributed by atoms with Crippen molar-refractivity contribution in [1.29, 1.82) is 0 Å². The summed E-state index contributed by atoms with van der Waals surface area (Å²) >= 11 is 0. The Balaban J connectivity index is 2.59. The molecule has 1 atom stereocenters. The molecule has 0 spiro atoms. The highest BCUT2D eigenvalue weighted by Gasteiger charge is 2.13. The highest BCUT2D eigenvalue weighted by molar-refractivity contribution is 5.94. The van der Waals surface area contributed by atoms with E-state index in [0.29, 0.717) is 24.1 Å². The van der Waals surface area contributed by atoms with E-state index in [9.17, 15) is 14.7 Å². The summed E-state index contributed by atoms with van der Waals surface area (Å²) < 4.78 is 0. The molecular weight excluding hydrogens is 246 g/mol. The van der Waals surface area contributed by atoms with Crippen LogP contribution in [0.3, 0.4) is 0 Å². The Morgan fingerprint density at radius 2 is 2.05 bits per heavy atom. The van der Waals surface area contributed by atoms with Crippen LogP contribution in [0.5, 0.6) is 5.75 Å². The standard InChI is InChI=1S/C14H19NO4/c1-3-10(6-13(17)18)8-15-14(19)11-5-4-9(2)12(16)7-11/h4-5,7,10,16H,3,6,8H2,1-2H3,(H,15,19)(H,17,18). The lowest BCUT2D eigenvalue weighted by atomic mass is 10.0. The van der Waals surface area contributed by atoms with Crippen molar-refractivity contribution in [2.24, 2.45) is 5.92 Å². The average molecular weight is 265 g/mol. The van der Waals surface area contributed by atoms with Crippen molar-refractivity contribution >= 4 is 11.9 Å². The van der Waals surface area contributed by atoms with Crippen molar-refractivity contribution in [2.75, 3.05) is 6.54 Å². The van der Waals surface area contributed by atoms with Gasteiger partial charge in [0.1, 0.15) is 5.75 Å². The highest BCUT2D eigenvalue weighted by Crippen LogP contribution is 2.17. The van der Waals surface area contributed by atoms with E-state index < -0.39 is 5.97 Å². The first-order chi connectivity index (χ1) is 8.93. The number of nitrogens with one attached hydrogen (secondary N) is 1. The molecule has 1 aromatic carbocycles. The van der Waals surface area contributed by atoms with Crippen LogP contribution in [0.1, 0.15) is 35.7 Å². The molecule has 0 saturated carbocycles. The summed E-state index contributed by atoms with van der Waals surface area (Å²) in [4.78, 5) is 22.5. The van der Waals surface area contributed by atoms with Crippen molar-refractivity contribution in [3.8, 4) is 5.75 Å². The fourth-order valence-corrected chi connectivity index (χ4v) is 1.70. The molecule has 19 heavy (non-hydrogen) atoms. The Morgan fingerprint density at radius 3 is 2.58 bits per heavy atom. The Hall–Kier alpha value is -2.04. The first-order valence-electron chi connectivity index (χ1n) is 6.23. The normalized spacial score (nSPS) is 11.9. The van der Waals surface area contributed by atoms with Crippen LogP contribution in [0, 0.1) is 12.8 Å². The van der Waals surface area contributed by atoms with Gasteiger partial charge in [-0.2, -0.15) is 0 Å². The minimum absolute atomic E-state index is 0.0376. The number of carboxylic acids is 1. The molecule has 0 fully saturated rings. The fraction of sp³-hybridized carbons (Fsp3) is 0.429. The molecule has 5 nitrogen and oxygen atoms in total. The summed E-state index contributed by atoms with van der Waals surface area (Å²) in [5.41, 5.74) is 1.07. The van der Waals surface area contributed by atoms with Crippen molar-refractivity contribution in [2.45, 2.75) is 26.7 Å². The number of aryl methyl sites for hydroxylation is 1. The van der Waals surface area contributed by atoms with Crippen LogP contribution in [0.25, 0.3) is 0 Å². The number of carbonyl (C=O) groups is 2. The average Bonchev–Trinajstić information content (AvgIpc) is 2.36. The summed E-state index contributed by atoms with van der Waals surface area (Å²) in [5.74, 6) is -1.18. The van der Waals surface area contributed by atoms with Gasteiger partial charge in [-0.15, -0.1) is 0 Å². The number of rotatable bonds is 6. The van der Waals surface area contributed by atoms with Gasteiger partial charge in [-0.3, -0.25) is 9.59 Å². The summed E-state index contributed by atoms with van der Waals surface area (Å²) in [6.45, 7) is 3.95. The minimum atomic E-state index is -0.867. The molecule has 0 saturated heterocycles. The van der Waals surface area contributed by atoms with Gasteiger partial charge in [0.15, 0.2) is 0 Å². The number of hydrogen-bond acceptors (Lipinski definition) is 3. The lowest BCUT2D eigenvalue weighted by Gasteiger charge is -2.13. The predicted octanol–water partition coefficient (Wildman–Crippen LogP) is 1.93.